The third-order valence-corrected chi connectivity index (χ3v) is 22.0. The molecule has 17 rings (SSSR count). The number of hydrogen-bond donors (Lipinski definition) is 0. The molecule has 0 fully saturated rings. The third-order valence-electron chi connectivity index (χ3n) is 17.0. The molecule has 0 saturated carbocycles. The Hall–Kier alpha value is -9.74. The molecule has 0 N–H and O–H groups in total. The zero-order valence-corrected chi connectivity index (χ0v) is 42.3. The quantitative estimate of drug-likeness (QED) is 0.153. The minimum Gasteiger partial charge on any atom is -0.309 e. The average molecular weight is 980 g/mol. The van der Waals surface area contributed by atoms with Crippen molar-refractivity contribution in [2.75, 3.05) is 0 Å². The van der Waals surface area contributed by atoms with Crippen molar-refractivity contribution in [2.45, 2.75) is 0 Å². The monoisotopic (exact) mass is 979 g/mol. The van der Waals surface area contributed by atoms with E-state index in [0.29, 0.717) is 0 Å². The molecule has 15 aromatic rings. The number of benzene rings is 12. The topological polar surface area (TPSA) is 14.8 Å². The zero-order valence-electron chi connectivity index (χ0n) is 41.3. The van der Waals surface area contributed by atoms with Gasteiger partial charge in [-0.2, -0.15) is 0 Å². The van der Waals surface area contributed by atoms with Crippen LogP contribution < -0.4 is 20.7 Å². The van der Waals surface area contributed by atoms with E-state index in [0.717, 1.165) is 11.4 Å². The summed E-state index contributed by atoms with van der Waals surface area (Å²) in [5, 5.41) is 13.4. The fourth-order valence-corrected chi connectivity index (χ4v) is 19.5. The Kier molecular flexibility index (Phi) is 8.58. The minimum atomic E-state index is -2.58. The highest BCUT2D eigenvalue weighted by molar-refractivity contribution is 7.24. The van der Waals surface area contributed by atoms with Gasteiger partial charge in [-0.3, -0.25) is 0 Å². The maximum absolute atomic E-state index is 2.58. The number of hydrogen-bond acceptors (Lipinski definition) is 0. The van der Waals surface area contributed by atoms with Gasteiger partial charge in [-0.15, -0.1) is 0 Å². The highest BCUT2D eigenvalue weighted by atomic mass is 28.3. The van der Waals surface area contributed by atoms with Crippen LogP contribution in [0.4, 0.5) is 0 Å². The number of rotatable bonds is 5. The molecule has 0 aliphatic carbocycles. The first-order chi connectivity index (χ1) is 37.7. The predicted octanol–water partition coefficient (Wildman–Crippen LogP) is 15.7. The Morgan fingerprint density at radius 2 is 0.513 bits per heavy atom. The molecule has 0 saturated heterocycles. The lowest BCUT2D eigenvalue weighted by atomic mass is 9.98. The molecule has 0 radical (unpaired) electrons. The summed E-state index contributed by atoms with van der Waals surface area (Å²) in [5.74, 6) is 0. The van der Waals surface area contributed by atoms with Gasteiger partial charge < -0.3 is 13.7 Å². The standard InChI is InChI=1S/C72H45N3Si/c1-3-17-50(18-4-1)73-63-26-12-7-21-53(63)58-41-46(31-36-65(58)73)48-33-38-67-60(43-48)61-44-49(47-32-37-66-59(42-47)54-22-8-13-27-64(54)74(66)51-19-5-2-6-20-51)34-39-68(61)75(67)52-35-40-72-62(45-52)57-25-11-16-30-71(57)76(72)69-28-14-9-23-55(69)56-24-10-15-29-70(56)76/h1-45H. The van der Waals surface area contributed by atoms with E-state index in [4.69, 9.17) is 0 Å². The maximum atomic E-state index is 2.53. The number of nitrogens with zero attached hydrogens (tertiary/aromatic N) is 3. The molecule has 2 aliphatic heterocycles. The van der Waals surface area contributed by atoms with Crippen molar-refractivity contribution < 1.29 is 0 Å². The molecule has 0 unspecified atom stereocenters. The minimum absolute atomic E-state index is 1.16. The van der Waals surface area contributed by atoms with Gasteiger partial charge in [-0.25, -0.2) is 0 Å². The molecule has 3 aromatic heterocycles. The first kappa shape index (κ1) is 41.7. The molecule has 3 nitrogen and oxygen atoms in total. The number of para-hydroxylation sites is 4. The second-order valence-corrected chi connectivity index (χ2v) is 24.4. The molecular weight excluding hydrogens is 935 g/mol. The lowest BCUT2D eigenvalue weighted by Gasteiger charge is -2.27. The summed E-state index contributed by atoms with van der Waals surface area (Å²) in [4.78, 5) is 0. The van der Waals surface area contributed by atoms with Crippen molar-refractivity contribution in [2.24, 2.45) is 0 Å². The van der Waals surface area contributed by atoms with Crippen LogP contribution in [0.3, 0.4) is 0 Å². The molecule has 352 valence electrons. The van der Waals surface area contributed by atoms with E-state index in [-0.39, 0.29) is 0 Å². The van der Waals surface area contributed by atoms with E-state index >= 15 is 0 Å². The van der Waals surface area contributed by atoms with Crippen molar-refractivity contribution in [3.8, 4) is 61.6 Å². The van der Waals surface area contributed by atoms with Crippen LogP contribution in [0.2, 0.25) is 0 Å². The third kappa shape index (κ3) is 5.60. The van der Waals surface area contributed by atoms with Gasteiger partial charge in [-0.1, -0.05) is 176 Å². The van der Waals surface area contributed by atoms with Gasteiger partial charge >= 0.3 is 0 Å². The van der Waals surface area contributed by atoms with Crippen molar-refractivity contribution in [3.63, 3.8) is 0 Å². The Morgan fingerprint density at radius 1 is 0.197 bits per heavy atom. The average Bonchev–Trinajstić information content (AvgIpc) is 4.39. The van der Waals surface area contributed by atoms with Crippen LogP contribution in [-0.2, 0) is 0 Å². The molecule has 1 spiro atoms. The first-order valence-electron chi connectivity index (χ1n) is 26.4. The molecule has 5 heterocycles. The predicted molar refractivity (Wildman–Crippen MR) is 322 cm³/mol. The van der Waals surface area contributed by atoms with Gasteiger partial charge in [0.15, 0.2) is 8.07 Å². The van der Waals surface area contributed by atoms with Crippen molar-refractivity contribution in [3.05, 3.63) is 273 Å². The first-order valence-corrected chi connectivity index (χ1v) is 28.4. The maximum Gasteiger partial charge on any atom is 0.182 e. The van der Waals surface area contributed by atoms with Gasteiger partial charge in [-0.05, 0) is 162 Å². The summed E-state index contributed by atoms with van der Waals surface area (Å²) >= 11 is 0. The van der Waals surface area contributed by atoms with Crippen molar-refractivity contribution in [1.82, 2.24) is 13.7 Å². The molecule has 0 atom stereocenters. The molecule has 76 heavy (non-hydrogen) atoms. The van der Waals surface area contributed by atoms with Gasteiger partial charge in [0.1, 0.15) is 0 Å². The molecule has 2 aliphatic rings. The van der Waals surface area contributed by atoms with Gasteiger partial charge in [0.25, 0.3) is 0 Å². The fourth-order valence-electron chi connectivity index (χ4n) is 13.9. The van der Waals surface area contributed by atoms with Crippen molar-refractivity contribution in [1.29, 1.82) is 0 Å². The highest BCUT2D eigenvalue weighted by Crippen LogP contribution is 2.43. The molecule has 0 amide bonds. The van der Waals surface area contributed by atoms with Crippen LogP contribution in [0.5, 0.6) is 0 Å². The lowest BCUT2D eigenvalue weighted by molar-refractivity contribution is 1.18. The van der Waals surface area contributed by atoms with E-state index in [2.05, 4.69) is 287 Å². The Balaban J connectivity index is 0.885. The summed E-state index contributed by atoms with van der Waals surface area (Å²) in [7, 11) is -2.58. The second kappa shape index (κ2) is 15.6. The highest BCUT2D eigenvalue weighted by Gasteiger charge is 2.53. The van der Waals surface area contributed by atoms with Crippen LogP contribution >= 0.6 is 0 Å². The van der Waals surface area contributed by atoms with Crippen LogP contribution in [0.25, 0.3) is 127 Å². The molecule has 4 heteroatoms. The summed E-state index contributed by atoms with van der Waals surface area (Å²) in [6.45, 7) is 0. The molecule has 0 bridgehead atoms. The van der Waals surface area contributed by atoms with Crippen LogP contribution in [0, 0.1) is 0 Å². The Labute approximate surface area is 440 Å². The van der Waals surface area contributed by atoms with Gasteiger partial charge in [0.2, 0.25) is 0 Å². The van der Waals surface area contributed by atoms with E-state index in [1.807, 2.05) is 0 Å². The van der Waals surface area contributed by atoms with E-state index in [1.165, 1.54) is 136 Å². The second-order valence-electron chi connectivity index (χ2n) is 20.8. The largest absolute Gasteiger partial charge is 0.309 e. The van der Waals surface area contributed by atoms with Gasteiger partial charge in [0.05, 0.1) is 33.1 Å². The number of aromatic nitrogens is 3. The number of fused-ring (bicyclic) bond motifs is 19. The summed E-state index contributed by atoms with van der Waals surface area (Å²) < 4.78 is 7.32. The lowest BCUT2D eigenvalue weighted by Crippen LogP contribution is -2.70. The zero-order chi connectivity index (χ0) is 49.6. The van der Waals surface area contributed by atoms with Crippen LogP contribution in [0.15, 0.2) is 273 Å². The molecule has 12 aromatic carbocycles. The SMILES string of the molecule is c1ccc(-n2c3ccccc3c3cc(-c4ccc5c(c4)c4cc(-c6ccc7c(c6)c6ccccc6n7-c6ccccc6)ccc4n5-c4ccc5c(c4)-c4ccccc4[Si]54c5ccccc5-c5ccccc54)ccc32)cc1. The smallest absolute Gasteiger partial charge is 0.182 e. The van der Waals surface area contributed by atoms with Crippen molar-refractivity contribution >= 4 is 94.2 Å². The normalized spacial score (nSPS) is 13.1. The van der Waals surface area contributed by atoms with E-state index in [1.54, 1.807) is 0 Å². The summed E-state index contributed by atoms with van der Waals surface area (Å²) in [5.41, 5.74) is 21.0. The summed E-state index contributed by atoms with van der Waals surface area (Å²) in [6.07, 6.45) is 0. The van der Waals surface area contributed by atoms with Gasteiger partial charge in [0, 0.05) is 49.4 Å². The Bertz CT molecular complexity index is 4680. The van der Waals surface area contributed by atoms with Crippen LogP contribution in [-0.4, -0.2) is 21.8 Å². The Morgan fingerprint density at radius 3 is 0.947 bits per heavy atom. The molecular formula is C72H45N3Si. The summed E-state index contributed by atoms with van der Waals surface area (Å²) in [6, 6.07) is 103. The van der Waals surface area contributed by atoms with E-state index < -0.39 is 8.07 Å². The fraction of sp³-hybridized carbons (Fsp3) is 0. The van der Waals surface area contributed by atoms with E-state index in [9.17, 15) is 0 Å². The van der Waals surface area contributed by atoms with Crippen LogP contribution in [0.1, 0.15) is 0 Å².